The zero-order chi connectivity index (χ0) is 17.8. The fraction of sp³-hybridized carbons (Fsp3) is 0.222. The molecular formula is C18H17F2N3O2. The zero-order valence-corrected chi connectivity index (χ0v) is 13.4. The van der Waals surface area contributed by atoms with Crippen LogP contribution >= 0.6 is 0 Å². The molecule has 5 nitrogen and oxygen atoms in total. The van der Waals surface area contributed by atoms with Crippen LogP contribution in [0.4, 0.5) is 19.3 Å². The molecule has 3 amide bonds. The van der Waals surface area contributed by atoms with Crippen LogP contribution in [0.1, 0.15) is 10.4 Å². The van der Waals surface area contributed by atoms with E-state index in [1.54, 1.807) is 11.0 Å². The Balaban J connectivity index is 1.56. The molecule has 0 atom stereocenters. The van der Waals surface area contributed by atoms with Crippen LogP contribution < -0.4 is 5.32 Å². The highest BCUT2D eigenvalue weighted by Gasteiger charge is 2.26. The SMILES string of the molecule is O=C(Nc1ccc(F)cc1)N1CCN(C(=O)c2ccccc2F)CC1. The Morgan fingerprint density at radius 1 is 0.840 bits per heavy atom. The lowest BCUT2D eigenvalue weighted by Gasteiger charge is -2.34. The van der Waals surface area contributed by atoms with Crippen molar-refractivity contribution < 1.29 is 18.4 Å². The number of anilines is 1. The van der Waals surface area contributed by atoms with Gasteiger partial charge in [-0.3, -0.25) is 4.79 Å². The van der Waals surface area contributed by atoms with Gasteiger partial charge in [0, 0.05) is 31.9 Å². The first-order valence-electron chi connectivity index (χ1n) is 7.90. The molecule has 1 saturated heterocycles. The van der Waals surface area contributed by atoms with Crippen LogP contribution in [0, 0.1) is 11.6 Å². The average molecular weight is 345 g/mol. The second kappa shape index (κ2) is 7.29. The summed E-state index contributed by atoms with van der Waals surface area (Å²) in [6.07, 6.45) is 0. The first-order chi connectivity index (χ1) is 12.0. The van der Waals surface area contributed by atoms with Crippen LogP contribution in [0.25, 0.3) is 0 Å². The molecule has 130 valence electrons. The third-order valence-electron chi connectivity index (χ3n) is 4.05. The third-order valence-corrected chi connectivity index (χ3v) is 4.05. The number of rotatable bonds is 2. The molecule has 1 heterocycles. The normalized spacial score (nSPS) is 14.3. The van der Waals surface area contributed by atoms with E-state index in [9.17, 15) is 18.4 Å². The highest BCUT2D eigenvalue weighted by atomic mass is 19.1. The Morgan fingerprint density at radius 3 is 2.08 bits per heavy atom. The van der Waals surface area contributed by atoms with Crippen molar-refractivity contribution in [2.24, 2.45) is 0 Å². The molecule has 1 aliphatic rings. The summed E-state index contributed by atoms with van der Waals surface area (Å²) in [6.45, 7) is 1.33. The van der Waals surface area contributed by atoms with Gasteiger partial charge < -0.3 is 15.1 Å². The first kappa shape index (κ1) is 16.9. The quantitative estimate of drug-likeness (QED) is 0.910. The zero-order valence-electron chi connectivity index (χ0n) is 13.4. The summed E-state index contributed by atoms with van der Waals surface area (Å²) in [7, 11) is 0. The number of amides is 3. The number of halogens is 2. The summed E-state index contributed by atoms with van der Waals surface area (Å²) in [5.41, 5.74) is 0.531. The average Bonchev–Trinajstić information content (AvgIpc) is 2.63. The van der Waals surface area contributed by atoms with Gasteiger partial charge in [0.2, 0.25) is 0 Å². The molecule has 2 aromatic rings. The minimum absolute atomic E-state index is 0.0340. The van der Waals surface area contributed by atoms with Crippen molar-refractivity contribution in [2.45, 2.75) is 0 Å². The predicted octanol–water partition coefficient (Wildman–Crippen LogP) is 2.95. The Bertz CT molecular complexity index is 772. The van der Waals surface area contributed by atoms with Crippen LogP contribution in [0.3, 0.4) is 0 Å². The van der Waals surface area contributed by atoms with E-state index < -0.39 is 5.82 Å². The fourth-order valence-electron chi connectivity index (χ4n) is 2.65. The van der Waals surface area contributed by atoms with Gasteiger partial charge in [0.1, 0.15) is 11.6 Å². The van der Waals surface area contributed by atoms with E-state index in [-0.39, 0.29) is 23.3 Å². The number of nitrogens with one attached hydrogen (secondary N) is 1. The van der Waals surface area contributed by atoms with Gasteiger partial charge in [-0.1, -0.05) is 12.1 Å². The maximum Gasteiger partial charge on any atom is 0.321 e. The first-order valence-corrected chi connectivity index (χ1v) is 7.90. The van der Waals surface area contributed by atoms with E-state index in [4.69, 9.17) is 0 Å². The number of hydrogen-bond acceptors (Lipinski definition) is 2. The maximum atomic E-state index is 13.7. The molecule has 3 rings (SSSR count). The molecule has 0 bridgehead atoms. The monoisotopic (exact) mass is 345 g/mol. The van der Waals surface area contributed by atoms with Crippen molar-refractivity contribution in [1.82, 2.24) is 9.80 Å². The van der Waals surface area contributed by atoms with Crippen LogP contribution in [0.15, 0.2) is 48.5 Å². The van der Waals surface area contributed by atoms with Crippen LogP contribution in [0.5, 0.6) is 0 Å². The van der Waals surface area contributed by atoms with Crippen molar-refractivity contribution in [3.8, 4) is 0 Å². The summed E-state index contributed by atoms with van der Waals surface area (Å²) >= 11 is 0. The highest BCUT2D eigenvalue weighted by molar-refractivity contribution is 5.95. The van der Waals surface area contributed by atoms with Crippen molar-refractivity contribution in [3.63, 3.8) is 0 Å². The van der Waals surface area contributed by atoms with Gasteiger partial charge in [0.15, 0.2) is 0 Å². The van der Waals surface area contributed by atoms with Crippen molar-refractivity contribution in [1.29, 1.82) is 0 Å². The van der Waals surface area contributed by atoms with Gasteiger partial charge >= 0.3 is 6.03 Å². The van der Waals surface area contributed by atoms with Gasteiger partial charge in [-0.15, -0.1) is 0 Å². The van der Waals surface area contributed by atoms with Gasteiger partial charge in [-0.2, -0.15) is 0 Å². The van der Waals surface area contributed by atoms with E-state index in [0.29, 0.717) is 31.9 Å². The molecule has 1 fully saturated rings. The lowest BCUT2D eigenvalue weighted by atomic mass is 10.1. The Kier molecular flexibility index (Phi) is 4.92. The number of benzene rings is 2. The van der Waals surface area contributed by atoms with Crippen molar-refractivity contribution in [3.05, 3.63) is 65.7 Å². The highest BCUT2D eigenvalue weighted by Crippen LogP contribution is 2.14. The lowest BCUT2D eigenvalue weighted by molar-refractivity contribution is 0.0667. The standard InChI is InChI=1S/C18H17F2N3O2/c19-13-5-7-14(8-6-13)21-18(25)23-11-9-22(10-12-23)17(24)15-3-1-2-4-16(15)20/h1-8H,9-12H2,(H,21,25). The third kappa shape index (κ3) is 3.93. The molecule has 1 aliphatic heterocycles. The summed E-state index contributed by atoms with van der Waals surface area (Å²) in [4.78, 5) is 27.7. The van der Waals surface area contributed by atoms with E-state index in [1.807, 2.05) is 0 Å². The number of piperazine rings is 1. The number of urea groups is 1. The van der Waals surface area contributed by atoms with Crippen LogP contribution in [-0.2, 0) is 0 Å². The largest absolute Gasteiger partial charge is 0.335 e. The summed E-state index contributed by atoms with van der Waals surface area (Å²) in [5, 5.41) is 2.68. The molecule has 0 aromatic heterocycles. The van der Waals surface area contributed by atoms with E-state index >= 15 is 0 Å². The Morgan fingerprint density at radius 2 is 1.44 bits per heavy atom. The second-order valence-corrected chi connectivity index (χ2v) is 5.70. The van der Waals surface area contributed by atoms with E-state index in [2.05, 4.69) is 5.32 Å². The van der Waals surface area contributed by atoms with Crippen LogP contribution in [-0.4, -0.2) is 47.9 Å². The molecule has 0 unspecified atom stereocenters. The van der Waals surface area contributed by atoms with Gasteiger partial charge in [0.05, 0.1) is 5.56 Å². The fourth-order valence-corrected chi connectivity index (χ4v) is 2.65. The molecule has 0 saturated carbocycles. The van der Waals surface area contributed by atoms with Gasteiger partial charge in [-0.05, 0) is 36.4 Å². The number of carbonyl (C=O) groups is 2. The molecule has 0 spiro atoms. The minimum atomic E-state index is -0.552. The molecule has 0 aliphatic carbocycles. The Labute approximate surface area is 143 Å². The maximum absolute atomic E-state index is 13.7. The molecular weight excluding hydrogens is 328 g/mol. The minimum Gasteiger partial charge on any atom is -0.335 e. The van der Waals surface area contributed by atoms with E-state index in [0.717, 1.165) is 0 Å². The number of carbonyl (C=O) groups excluding carboxylic acids is 2. The predicted molar refractivity (Wildman–Crippen MR) is 89.3 cm³/mol. The van der Waals surface area contributed by atoms with Crippen LogP contribution in [0.2, 0.25) is 0 Å². The molecule has 2 aromatic carbocycles. The topological polar surface area (TPSA) is 52.7 Å². The van der Waals surface area contributed by atoms with E-state index in [1.165, 1.54) is 47.4 Å². The summed E-state index contributed by atoms with van der Waals surface area (Å²) < 4.78 is 26.6. The Hall–Kier alpha value is -2.96. The molecule has 0 radical (unpaired) electrons. The smallest absolute Gasteiger partial charge is 0.321 e. The molecule has 7 heteroatoms. The number of nitrogens with zero attached hydrogens (tertiary/aromatic N) is 2. The molecule has 25 heavy (non-hydrogen) atoms. The van der Waals surface area contributed by atoms with Crippen molar-refractivity contribution in [2.75, 3.05) is 31.5 Å². The van der Waals surface area contributed by atoms with Crippen molar-refractivity contribution >= 4 is 17.6 Å². The van der Waals surface area contributed by atoms with Gasteiger partial charge in [-0.25, -0.2) is 13.6 Å². The van der Waals surface area contributed by atoms with Gasteiger partial charge in [0.25, 0.3) is 5.91 Å². The summed E-state index contributed by atoms with van der Waals surface area (Å²) in [5.74, 6) is -1.31. The molecule has 1 N–H and O–H groups in total. The summed E-state index contributed by atoms with van der Waals surface area (Å²) in [6, 6.07) is 11.0. The lowest BCUT2D eigenvalue weighted by Crippen LogP contribution is -2.51. The number of hydrogen-bond donors (Lipinski definition) is 1. The second-order valence-electron chi connectivity index (χ2n) is 5.70.